The largest absolute Gasteiger partial charge is 0.370 e. The Morgan fingerprint density at radius 3 is 2.68 bits per heavy atom. The number of carbonyl (C=O) groups is 3. The molecule has 3 unspecified atom stereocenters. The third-order valence-electron chi connectivity index (χ3n) is 5.42. The highest BCUT2D eigenvalue weighted by Crippen LogP contribution is 2.26. The second-order valence-electron chi connectivity index (χ2n) is 7.63. The van der Waals surface area contributed by atoms with Crippen LogP contribution < -0.4 is 10.6 Å². The minimum Gasteiger partial charge on any atom is -0.370 e. The van der Waals surface area contributed by atoms with E-state index in [9.17, 15) is 14.4 Å². The van der Waals surface area contributed by atoms with Crippen LogP contribution in [0.15, 0.2) is 24.3 Å². The van der Waals surface area contributed by atoms with Gasteiger partial charge in [0.05, 0.1) is 17.5 Å². The maximum Gasteiger partial charge on any atom is 0.257 e. The summed E-state index contributed by atoms with van der Waals surface area (Å²) < 4.78 is 4.89. The zero-order valence-electron chi connectivity index (χ0n) is 18.4. The predicted molar refractivity (Wildman–Crippen MR) is 122 cm³/mol. The minimum atomic E-state index is -0.785. The predicted octanol–water partition coefficient (Wildman–Crippen LogP) is 3.22. The van der Waals surface area contributed by atoms with Gasteiger partial charge < -0.3 is 25.2 Å². The number of hydrogen-bond donors (Lipinski definition) is 3. The highest BCUT2D eigenvalue weighted by Gasteiger charge is 2.39. The molecule has 2 rings (SSSR count). The molecular formula is C22H34N3O5P. The van der Waals surface area contributed by atoms with Crippen molar-refractivity contribution in [2.75, 3.05) is 18.4 Å². The van der Waals surface area contributed by atoms with Crippen molar-refractivity contribution >= 4 is 32.2 Å². The molecule has 1 aliphatic heterocycles. The Labute approximate surface area is 186 Å². The third kappa shape index (κ3) is 7.27. The van der Waals surface area contributed by atoms with Gasteiger partial charge in [-0.1, -0.05) is 57.6 Å². The number of nitrogens with one attached hydrogen (secondary N) is 2. The third-order valence-corrected chi connectivity index (χ3v) is 6.07. The Morgan fingerprint density at radius 1 is 1.23 bits per heavy atom. The van der Waals surface area contributed by atoms with Crippen LogP contribution in [0.1, 0.15) is 69.2 Å². The van der Waals surface area contributed by atoms with E-state index < -0.39 is 18.9 Å². The van der Waals surface area contributed by atoms with Crippen molar-refractivity contribution in [3.8, 4) is 0 Å². The lowest BCUT2D eigenvalue weighted by Gasteiger charge is -2.33. The van der Waals surface area contributed by atoms with Crippen molar-refractivity contribution in [2.24, 2.45) is 0 Å². The van der Waals surface area contributed by atoms with Gasteiger partial charge in [-0.3, -0.25) is 14.4 Å². The molecule has 31 heavy (non-hydrogen) atoms. The summed E-state index contributed by atoms with van der Waals surface area (Å²) in [4.78, 5) is 40.6. The smallest absolute Gasteiger partial charge is 0.257 e. The molecule has 172 valence electrons. The summed E-state index contributed by atoms with van der Waals surface area (Å²) in [5.41, 5.74) is 0.842. The highest BCUT2D eigenvalue weighted by atomic mass is 31.1. The van der Waals surface area contributed by atoms with E-state index in [0.717, 1.165) is 32.1 Å². The first-order valence-electron chi connectivity index (χ1n) is 11.0. The highest BCUT2D eigenvalue weighted by molar-refractivity contribution is 7.32. The van der Waals surface area contributed by atoms with Gasteiger partial charge in [0, 0.05) is 8.81 Å². The van der Waals surface area contributed by atoms with Crippen LogP contribution in [0.3, 0.4) is 0 Å². The number of nitrogens with zero attached hydrogens (tertiary/aromatic N) is 1. The van der Waals surface area contributed by atoms with E-state index in [0.29, 0.717) is 17.7 Å². The van der Waals surface area contributed by atoms with Crippen LogP contribution in [0.2, 0.25) is 0 Å². The molecule has 0 saturated carbocycles. The lowest BCUT2D eigenvalue weighted by molar-refractivity contribution is -0.128. The standard InChI is InChI=1S/C22H34N3O5P/c1-3-4-5-6-7-8-13-19(21(28)23-14-31-30-15-26)25-16(2)20(27)24-18-12-10-9-11-17(18)22(25)29/h9-12,16,19,26,31H,3-8,13-15H2,1-2H3,(H,23,28)(H,24,27). The van der Waals surface area contributed by atoms with Gasteiger partial charge in [-0.15, -0.1) is 0 Å². The van der Waals surface area contributed by atoms with Gasteiger partial charge in [0.2, 0.25) is 11.8 Å². The van der Waals surface area contributed by atoms with Gasteiger partial charge in [0.1, 0.15) is 18.9 Å². The summed E-state index contributed by atoms with van der Waals surface area (Å²) >= 11 is 0. The molecular weight excluding hydrogens is 417 g/mol. The Hall–Kier alpha value is -2.02. The number of hydrogen-bond acceptors (Lipinski definition) is 5. The average molecular weight is 452 g/mol. The molecule has 1 heterocycles. The molecule has 8 nitrogen and oxygen atoms in total. The first-order valence-corrected chi connectivity index (χ1v) is 12.1. The lowest BCUT2D eigenvalue weighted by Crippen LogP contribution is -2.55. The molecule has 0 spiro atoms. The number of anilines is 1. The summed E-state index contributed by atoms with van der Waals surface area (Å²) in [5, 5.41) is 14.3. The number of benzene rings is 1. The molecule has 1 aromatic rings. The van der Waals surface area contributed by atoms with E-state index in [2.05, 4.69) is 17.6 Å². The Morgan fingerprint density at radius 2 is 1.94 bits per heavy atom. The van der Waals surface area contributed by atoms with Crippen molar-refractivity contribution < 1.29 is 24.0 Å². The van der Waals surface area contributed by atoms with Crippen molar-refractivity contribution in [2.45, 2.75) is 70.9 Å². The molecule has 0 saturated heterocycles. The molecule has 0 radical (unpaired) electrons. The quantitative estimate of drug-likeness (QED) is 0.242. The van der Waals surface area contributed by atoms with Crippen molar-refractivity contribution in [3.63, 3.8) is 0 Å². The molecule has 1 aliphatic rings. The Bertz CT molecular complexity index is 746. The van der Waals surface area contributed by atoms with E-state index in [1.54, 1.807) is 31.2 Å². The fourth-order valence-electron chi connectivity index (χ4n) is 3.72. The van der Waals surface area contributed by atoms with Crippen LogP contribution in [0, 0.1) is 0 Å². The van der Waals surface area contributed by atoms with Crippen LogP contribution in [-0.2, 0) is 14.1 Å². The monoisotopic (exact) mass is 451 g/mol. The van der Waals surface area contributed by atoms with E-state index in [1.165, 1.54) is 11.3 Å². The second-order valence-corrected chi connectivity index (χ2v) is 8.56. The zero-order valence-corrected chi connectivity index (χ0v) is 19.4. The molecule has 3 atom stereocenters. The lowest BCUT2D eigenvalue weighted by atomic mass is 10.0. The first-order chi connectivity index (χ1) is 15.0. The Balaban J connectivity index is 2.19. The maximum atomic E-state index is 13.4. The number of para-hydroxylation sites is 1. The fourth-order valence-corrected chi connectivity index (χ4v) is 4.16. The number of carbonyl (C=O) groups excluding carboxylic acids is 3. The molecule has 1 aromatic carbocycles. The topological polar surface area (TPSA) is 108 Å². The van der Waals surface area contributed by atoms with Gasteiger partial charge in [-0.2, -0.15) is 0 Å². The zero-order chi connectivity index (χ0) is 22.6. The van der Waals surface area contributed by atoms with Crippen LogP contribution in [0.25, 0.3) is 0 Å². The van der Waals surface area contributed by atoms with Crippen LogP contribution in [0.4, 0.5) is 5.69 Å². The number of fused-ring (bicyclic) bond motifs is 1. The molecule has 0 aromatic heterocycles. The minimum absolute atomic E-state index is 0.0838. The summed E-state index contributed by atoms with van der Waals surface area (Å²) in [7, 11) is -0.0838. The van der Waals surface area contributed by atoms with Crippen molar-refractivity contribution in [3.05, 3.63) is 29.8 Å². The van der Waals surface area contributed by atoms with Crippen molar-refractivity contribution in [1.82, 2.24) is 10.2 Å². The fraction of sp³-hybridized carbons (Fsp3) is 0.591. The number of rotatable bonds is 13. The van der Waals surface area contributed by atoms with Gasteiger partial charge in [-0.25, -0.2) is 0 Å². The average Bonchev–Trinajstić information content (AvgIpc) is 2.86. The summed E-state index contributed by atoms with van der Waals surface area (Å²) in [6, 6.07) is 5.32. The summed E-state index contributed by atoms with van der Waals surface area (Å²) in [6.07, 6.45) is 7.07. The number of aliphatic hydroxyl groups excluding tert-OH is 1. The van der Waals surface area contributed by atoms with Gasteiger partial charge in [0.25, 0.3) is 5.91 Å². The second kappa shape index (κ2) is 13.4. The number of aliphatic hydroxyl groups is 1. The van der Waals surface area contributed by atoms with Crippen molar-refractivity contribution in [1.29, 1.82) is 0 Å². The van der Waals surface area contributed by atoms with Gasteiger partial charge in [0.15, 0.2) is 0 Å². The molecule has 3 amide bonds. The van der Waals surface area contributed by atoms with Gasteiger partial charge >= 0.3 is 0 Å². The number of unbranched alkanes of at least 4 members (excludes halogenated alkanes) is 5. The van der Waals surface area contributed by atoms with E-state index >= 15 is 0 Å². The van der Waals surface area contributed by atoms with Crippen LogP contribution in [-0.4, -0.2) is 52.9 Å². The van der Waals surface area contributed by atoms with E-state index in [4.69, 9.17) is 9.63 Å². The SMILES string of the molecule is CCCCCCCCC(C(=O)NCPOCO)N1C(=O)c2ccccc2NC(=O)C1C. The summed E-state index contributed by atoms with van der Waals surface area (Å²) in [5.74, 6) is -0.957. The molecule has 0 aliphatic carbocycles. The molecule has 3 N–H and O–H groups in total. The summed E-state index contributed by atoms with van der Waals surface area (Å²) in [6.45, 7) is 3.40. The van der Waals surface area contributed by atoms with Crippen LogP contribution >= 0.6 is 8.81 Å². The maximum absolute atomic E-state index is 13.4. The van der Waals surface area contributed by atoms with Gasteiger partial charge in [-0.05, 0) is 25.5 Å². The molecule has 0 fully saturated rings. The first kappa shape index (κ1) is 25.2. The van der Waals surface area contributed by atoms with E-state index in [1.807, 2.05) is 0 Å². The molecule has 9 heteroatoms. The van der Waals surface area contributed by atoms with Crippen LogP contribution in [0.5, 0.6) is 0 Å². The molecule has 0 bridgehead atoms. The normalized spacial score (nSPS) is 17.4. The Kier molecular flexibility index (Phi) is 10.9. The number of amides is 3. The van der Waals surface area contributed by atoms with E-state index in [-0.39, 0.29) is 32.8 Å².